The summed E-state index contributed by atoms with van der Waals surface area (Å²) in [5.41, 5.74) is 3.15. The number of hydrogen-bond acceptors (Lipinski definition) is 6. The van der Waals surface area contributed by atoms with E-state index in [0.29, 0.717) is 58.2 Å². The number of benzene rings is 2. The molecule has 2 aliphatic heterocycles. The molecule has 0 atom stereocenters. The quantitative estimate of drug-likeness (QED) is 0.316. The lowest BCUT2D eigenvalue weighted by Gasteiger charge is -2.43. The second kappa shape index (κ2) is 13.0. The van der Waals surface area contributed by atoms with Gasteiger partial charge in [-0.2, -0.15) is 0 Å². The topological polar surface area (TPSA) is 83.8 Å². The molecular weight excluding hydrogens is 611 g/mol. The molecule has 5 rings (SSSR count). The summed E-state index contributed by atoms with van der Waals surface area (Å²) in [6, 6.07) is 6.96. The molecule has 1 aromatic heterocycles. The van der Waals surface area contributed by atoms with Gasteiger partial charge in [0.2, 0.25) is 0 Å². The number of likely N-dealkylation sites (tertiary alicyclic amines) is 1. The highest BCUT2D eigenvalue weighted by Gasteiger charge is 2.35. The fraction of sp³-hybridized carbons (Fsp3) is 0.484. The van der Waals surface area contributed by atoms with Crippen LogP contribution in [0.3, 0.4) is 0 Å². The van der Waals surface area contributed by atoms with Gasteiger partial charge in [-0.1, -0.05) is 40.0 Å². The predicted octanol–water partition coefficient (Wildman–Crippen LogP) is 5.93. The Morgan fingerprint density at radius 1 is 0.860 bits per heavy atom. The molecule has 43 heavy (non-hydrogen) atoms. The summed E-state index contributed by atoms with van der Waals surface area (Å²) < 4.78 is 7.52. The lowest BCUT2D eigenvalue weighted by molar-refractivity contribution is -0.134. The van der Waals surface area contributed by atoms with E-state index in [1.54, 1.807) is 16.8 Å². The molecule has 0 N–H and O–H groups in total. The van der Waals surface area contributed by atoms with Crippen molar-refractivity contribution in [3.63, 3.8) is 0 Å². The number of carbonyl (C=O) groups is 2. The number of aromatic nitrogens is 3. The first-order chi connectivity index (χ1) is 20.5. The Morgan fingerprint density at radius 3 is 2.07 bits per heavy atom. The average molecular weight is 648 g/mol. The van der Waals surface area contributed by atoms with Crippen molar-refractivity contribution in [2.45, 2.75) is 52.5 Å². The Hall–Kier alpha value is -2.85. The van der Waals surface area contributed by atoms with Gasteiger partial charge in [0.15, 0.2) is 6.61 Å². The molecule has 12 heteroatoms. The van der Waals surface area contributed by atoms with Crippen molar-refractivity contribution < 1.29 is 14.3 Å². The molecule has 2 amide bonds. The number of hydrogen-bond donors (Lipinski definition) is 0. The smallest absolute Gasteiger partial charge is 0.260 e. The highest BCUT2D eigenvalue weighted by molar-refractivity contribution is 6.40. The van der Waals surface area contributed by atoms with Gasteiger partial charge < -0.3 is 14.5 Å². The zero-order valence-corrected chi connectivity index (χ0v) is 27.3. The third-order valence-electron chi connectivity index (χ3n) is 8.44. The van der Waals surface area contributed by atoms with Crippen LogP contribution in [-0.4, -0.2) is 87.4 Å². The van der Waals surface area contributed by atoms with Gasteiger partial charge in [0.25, 0.3) is 11.8 Å². The van der Waals surface area contributed by atoms with Crippen LogP contribution >= 0.6 is 34.8 Å². The van der Waals surface area contributed by atoms with Crippen molar-refractivity contribution in [2.75, 3.05) is 45.9 Å². The van der Waals surface area contributed by atoms with E-state index in [-0.39, 0.29) is 18.4 Å². The third kappa shape index (κ3) is 6.80. The van der Waals surface area contributed by atoms with Crippen LogP contribution in [0, 0.1) is 13.8 Å². The van der Waals surface area contributed by atoms with E-state index in [2.05, 4.69) is 29.1 Å². The number of carbonyl (C=O) groups excluding carboxylic acids is 2. The maximum absolute atomic E-state index is 13.5. The van der Waals surface area contributed by atoms with Crippen LogP contribution in [0.4, 0.5) is 0 Å². The number of amides is 2. The van der Waals surface area contributed by atoms with E-state index in [9.17, 15) is 9.59 Å². The number of nitrogens with zero attached hydrogens (tertiary/aromatic N) is 6. The second-order valence-electron chi connectivity index (χ2n) is 11.8. The Balaban J connectivity index is 1.21. The van der Waals surface area contributed by atoms with Crippen molar-refractivity contribution in [1.82, 2.24) is 29.7 Å². The van der Waals surface area contributed by atoms with E-state index >= 15 is 0 Å². The zero-order chi connectivity index (χ0) is 30.9. The average Bonchev–Trinajstić information content (AvgIpc) is 3.47. The summed E-state index contributed by atoms with van der Waals surface area (Å²) in [6.45, 7) is 12.1. The summed E-state index contributed by atoms with van der Waals surface area (Å²) in [5.74, 6) is 0.667. The largest absolute Gasteiger partial charge is 0.483 e. The van der Waals surface area contributed by atoms with Crippen LogP contribution in [0.5, 0.6) is 5.75 Å². The van der Waals surface area contributed by atoms with Gasteiger partial charge in [-0.25, -0.2) is 4.68 Å². The molecule has 0 aliphatic carbocycles. The summed E-state index contributed by atoms with van der Waals surface area (Å²) in [7, 11) is 0. The van der Waals surface area contributed by atoms with Crippen LogP contribution < -0.4 is 4.74 Å². The van der Waals surface area contributed by atoms with Gasteiger partial charge in [-0.3, -0.25) is 14.5 Å². The summed E-state index contributed by atoms with van der Waals surface area (Å²) in [4.78, 5) is 32.1. The first-order valence-electron chi connectivity index (χ1n) is 14.6. The minimum atomic E-state index is -0.448. The number of halogens is 3. The summed E-state index contributed by atoms with van der Waals surface area (Å²) in [5, 5.41) is 9.93. The highest BCUT2D eigenvalue weighted by atomic mass is 35.5. The molecule has 2 saturated heterocycles. The van der Waals surface area contributed by atoms with E-state index in [4.69, 9.17) is 39.5 Å². The maximum Gasteiger partial charge on any atom is 0.260 e. The first kappa shape index (κ1) is 31.6. The maximum atomic E-state index is 13.5. The molecule has 2 aromatic carbocycles. The van der Waals surface area contributed by atoms with Crippen LogP contribution in [-0.2, 0) is 10.3 Å². The number of aryl methyl sites for hydroxylation is 2. The van der Waals surface area contributed by atoms with Crippen molar-refractivity contribution in [3.05, 3.63) is 67.9 Å². The van der Waals surface area contributed by atoms with Crippen LogP contribution in [0.2, 0.25) is 15.1 Å². The van der Waals surface area contributed by atoms with Crippen molar-refractivity contribution in [1.29, 1.82) is 0 Å². The molecule has 0 unspecified atom stereocenters. The van der Waals surface area contributed by atoms with Crippen molar-refractivity contribution >= 4 is 46.6 Å². The highest BCUT2D eigenvalue weighted by Crippen LogP contribution is 2.34. The lowest BCUT2D eigenvalue weighted by Crippen LogP contribution is -2.54. The fourth-order valence-corrected chi connectivity index (χ4v) is 6.88. The molecule has 2 aliphatic rings. The predicted molar refractivity (Wildman–Crippen MR) is 169 cm³/mol. The second-order valence-corrected chi connectivity index (χ2v) is 13.0. The number of ether oxygens (including phenoxy) is 1. The van der Waals surface area contributed by atoms with Crippen LogP contribution in [0.1, 0.15) is 60.3 Å². The zero-order valence-electron chi connectivity index (χ0n) is 25.0. The molecule has 230 valence electrons. The Labute approximate surface area is 267 Å². The van der Waals surface area contributed by atoms with Gasteiger partial charge in [0.1, 0.15) is 17.1 Å². The summed E-state index contributed by atoms with van der Waals surface area (Å²) >= 11 is 18.9. The van der Waals surface area contributed by atoms with Crippen molar-refractivity contribution in [3.8, 4) is 11.4 Å². The van der Waals surface area contributed by atoms with Gasteiger partial charge in [0.05, 0.1) is 21.8 Å². The summed E-state index contributed by atoms with van der Waals surface area (Å²) in [6.07, 6.45) is 5.09. The number of piperidine rings is 1. The molecule has 3 heterocycles. The molecule has 0 saturated carbocycles. The third-order valence-corrected chi connectivity index (χ3v) is 9.24. The number of rotatable bonds is 7. The molecule has 9 nitrogen and oxygen atoms in total. The standard InChI is InChI=1S/C31H37Cl3N6O3/c1-20-14-22(15-21(2)29(20)43-19-27(41)37-8-6-5-7-9-37)30(42)38-10-12-39(13-11-38)31(3,4)26-18-40(36-35-26)28-24(33)16-23(32)17-25(28)34/h14-18H,5-13,19H2,1-4H3. The van der Waals surface area contributed by atoms with Gasteiger partial charge in [-0.15, -0.1) is 5.10 Å². The number of piperazine rings is 1. The van der Waals surface area contributed by atoms with Gasteiger partial charge in [-0.05, 0) is 82.3 Å². The first-order valence-corrected chi connectivity index (χ1v) is 15.7. The van der Waals surface area contributed by atoms with Gasteiger partial charge >= 0.3 is 0 Å². The Kier molecular flexibility index (Phi) is 9.56. The normalized spacial score (nSPS) is 16.4. The lowest BCUT2D eigenvalue weighted by atomic mass is 9.97. The fourth-order valence-electron chi connectivity index (χ4n) is 5.89. The van der Waals surface area contributed by atoms with E-state index in [1.165, 1.54) is 6.42 Å². The van der Waals surface area contributed by atoms with E-state index < -0.39 is 5.54 Å². The molecule has 0 spiro atoms. The van der Waals surface area contributed by atoms with Gasteiger partial charge in [0, 0.05) is 49.9 Å². The molecule has 3 aromatic rings. The van der Waals surface area contributed by atoms with Crippen molar-refractivity contribution in [2.24, 2.45) is 0 Å². The molecular formula is C31H37Cl3N6O3. The minimum Gasteiger partial charge on any atom is -0.483 e. The van der Waals surface area contributed by atoms with E-state index in [1.807, 2.05) is 42.0 Å². The monoisotopic (exact) mass is 646 g/mol. The Morgan fingerprint density at radius 2 is 1.47 bits per heavy atom. The van der Waals surface area contributed by atoms with Crippen LogP contribution in [0.25, 0.3) is 5.69 Å². The molecule has 0 radical (unpaired) electrons. The SMILES string of the molecule is Cc1cc(C(=O)N2CCN(C(C)(C)c3cn(-c4c(Cl)cc(Cl)cc4Cl)nn3)CC2)cc(C)c1OCC(=O)N1CCCCC1. The molecule has 0 bridgehead atoms. The molecule has 2 fully saturated rings. The Bertz CT molecular complexity index is 1460. The van der Waals surface area contributed by atoms with Crippen LogP contribution in [0.15, 0.2) is 30.5 Å². The van der Waals surface area contributed by atoms with E-state index in [0.717, 1.165) is 42.8 Å². The minimum absolute atomic E-state index is 0.0135.